The van der Waals surface area contributed by atoms with Gasteiger partial charge < -0.3 is 10.1 Å². The molecule has 2 atom stereocenters. The lowest BCUT2D eigenvalue weighted by Gasteiger charge is -2.25. The number of likely N-dealkylation sites (N-methyl/N-ethyl adjacent to an activating group) is 1. The molecule has 0 aromatic heterocycles. The SMILES string of the molecule is CCNC(Cc1cc(Br)cc2c1OCC2)C(C)C1CC1. The fourth-order valence-electron chi connectivity index (χ4n) is 3.39. The average molecular weight is 338 g/mol. The number of ether oxygens (including phenoxy) is 1. The Labute approximate surface area is 130 Å². The molecule has 1 heterocycles. The van der Waals surface area contributed by atoms with Crippen LogP contribution in [0.5, 0.6) is 5.75 Å². The Balaban J connectivity index is 1.81. The first-order chi connectivity index (χ1) is 9.69. The van der Waals surface area contributed by atoms with E-state index in [-0.39, 0.29) is 0 Å². The third-order valence-corrected chi connectivity index (χ3v) is 5.19. The van der Waals surface area contributed by atoms with Gasteiger partial charge in [-0.15, -0.1) is 0 Å². The molecule has 3 heteroatoms. The van der Waals surface area contributed by atoms with Gasteiger partial charge in [-0.05, 0) is 60.9 Å². The monoisotopic (exact) mass is 337 g/mol. The quantitative estimate of drug-likeness (QED) is 0.848. The van der Waals surface area contributed by atoms with Crippen molar-refractivity contribution in [2.24, 2.45) is 11.8 Å². The Morgan fingerprint density at radius 2 is 2.20 bits per heavy atom. The molecular formula is C17H24BrNO. The zero-order valence-electron chi connectivity index (χ0n) is 12.4. The van der Waals surface area contributed by atoms with Crippen molar-refractivity contribution in [3.05, 3.63) is 27.7 Å². The second-order valence-electron chi connectivity index (χ2n) is 6.22. The van der Waals surface area contributed by atoms with Crippen LogP contribution in [0.1, 0.15) is 37.8 Å². The minimum atomic E-state index is 0.565. The maximum Gasteiger partial charge on any atom is 0.125 e. The van der Waals surface area contributed by atoms with E-state index in [2.05, 4.69) is 47.2 Å². The molecule has 2 nitrogen and oxygen atoms in total. The van der Waals surface area contributed by atoms with Crippen LogP contribution in [0.2, 0.25) is 0 Å². The first kappa shape index (κ1) is 14.4. The van der Waals surface area contributed by atoms with Crippen molar-refractivity contribution in [3.8, 4) is 5.75 Å². The van der Waals surface area contributed by atoms with E-state index in [1.165, 1.54) is 28.4 Å². The highest BCUT2D eigenvalue weighted by atomic mass is 79.9. The van der Waals surface area contributed by atoms with Crippen LogP contribution in [-0.4, -0.2) is 19.2 Å². The van der Waals surface area contributed by atoms with E-state index in [4.69, 9.17) is 4.74 Å². The summed E-state index contributed by atoms with van der Waals surface area (Å²) in [6.45, 7) is 6.49. The summed E-state index contributed by atoms with van der Waals surface area (Å²) in [6.07, 6.45) is 4.95. The Morgan fingerprint density at radius 1 is 1.40 bits per heavy atom. The van der Waals surface area contributed by atoms with Gasteiger partial charge in [0.1, 0.15) is 5.75 Å². The van der Waals surface area contributed by atoms with Crippen molar-refractivity contribution in [2.45, 2.75) is 45.6 Å². The van der Waals surface area contributed by atoms with E-state index in [1.54, 1.807) is 0 Å². The highest BCUT2D eigenvalue weighted by Crippen LogP contribution is 2.40. The average Bonchev–Trinajstić information content (AvgIpc) is 3.16. The number of fused-ring (bicyclic) bond motifs is 1. The normalized spacial score (nSPS) is 20.4. The van der Waals surface area contributed by atoms with Gasteiger partial charge in [-0.2, -0.15) is 0 Å². The Kier molecular flexibility index (Phi) is 4.37. The summed E-state index contributed by atoms with van der Waals surface area (Å²) < 4.78 is 7.06. The largest absolute Gasteiger partial charge is 0.493 e. The van der Waals surface area contributed by atoms with Crippen LogP contribution in [0.3, 0.4) is 0 Å². The van der Waals surface area contributed by atoms with E-state index in [0.717, 1.165) is 43.6 Å². The van der Waals surface area contributed by atoms with E-state index < -0.39 is 0 Å². The fourth-order valence-corrected chi connectivity index (χ4v) is 3.94. The Hall–Kier alpha value is -0.540. The van der Waals surface area contributed by atoms with Crippen LogP contribution in [0.15, 0.2) is 16.6 Å². The van der Waals surface area contributed by atoms with E-state index >= 15 is 0 Å². The lowest BCUT2D eigenvalue weighted by Crippen LogP contribution is -2.37. The maximum atomic E-state index is 5.87. The molecule has 2 aliphatic rings. The minimum absolute atomic E-state index is 0.565. The van der Waals surface area contributed by atoms with Crippen molar-refractivity contribution in [3.63, 3.8) is 0 Å². The maximum absolute atomic E-state index is 5.87. The first-order valence-electron chi connectivity index (χ1n) is 7.86. The summed E-state index contributed by atoms with van der Waals surface area (Å²) in [5.74, 6) is 2.84. The molecule has 0 bridgehead atoms. The molecule has 0 spiro atoms. The molecule has 1 aromatic rings. The standard InChI is InChI=1S/C17H24BrNO/c1-3-19-16(11(2)12-4-5-12)10-14-9-15(18)8-13-6-7-20-17(13)14/h8-9,11-12,16,19H,3-7,10H2,1-2H3. The number of halogens is 1. The van der Waals surface area contributed by atoms with Crippen LogP contribution in [0.25, 0.3) is 0 Å². The van der Waals surface area contributed by atoms with E-state index in [1.807, 2.05) is 0 Å². The van der Waals surface area contributed by atoms with Gasteiger partial charge in [0.15, 0.2) is 0 Å². The molecule has 20 heavy (non-hydrogen) atoms. The summed E-state index contributed by atoms with van der Waals surface area (Å²) in [7, 11) is 0. The molecule has 110 valence electrons. The van der Waals surface area contributed by atoms with Gasteiger partial charge in [-0.3, -0.25) is 0 Å². The topological polar surface area (TPSA) is 21.3 Å². The number of benzene rings is 1. The van der Waals surface area contributed by atoms with Gasteiger partial charge >= 0.3 is 0 Å². The molecule has 0 amide bonds. The van der Waals surface area contributed by atoms with Crippen LogP contribution in [0, 0.1) is 11.8 Å². The molecule has 1 aromatic carbocycles. The van der Waals surface area contributed by atoms with E-state index in [0.29, 0.717) is 6.04 Å². The molecule has 1 aliphatic heterocycles. The first-order valence-corrected chi connectivity index (χ1v) is 8.65. The van der Waals surface area contributed by atoms with Crippen LogP contribution < -0.4 is 10.1 Å². The summed E-state index contributed by atoms with van der Waals surface area (Å²) in [6, 6.07) is 5.02. The zero-order valence-corrected chi connectivity index (χ0v) is 14.0. The predicted octanol–water partition coefficient (Wildman–Crippen LogP) is 3.95. The summed E-state index contributed by atoms with van der Waals surface area (Å²) in [5, 5.41) is 3.69. The van der Waals surface area contributed by atoms with Crippen LogP contribution in [-0.2, 0) is 12.8 Å². The van der Waals surface area contributed by atoms with Crippen molar-refractivity contribution in [1.82, 2.24) is 5.32 Å². The third-order valence-electron chi connectivity index (χ3n) is 4.73. The predicted molar refractivity (Wildman–Crippen MR) is 86.4 cm³/mol. The van der Waals surface area contributed by atoms with Gasteiger partial charge in [0, 0.05) is 16.9 Å². The van der Waals surface area contributed by atoms with Crippen LogP contribution in [0.4, 0.5) is 0 Å². The molecule has 1 saturated carbocycles. The zero-order chi connectivity index (χ0) is 14.1. The summed E-state index contributed by atoms with van der Waals surface area (Å²) in [5.41, 5.74) is 2.73. The Morgan fingerprint density at radius 3 is 2.90 bits per heavy atom. The molecule has 0 saturated heterocycles. The van der Waals surface area contributed by atoms with Gasteiger partial charge in [0.25, 0.3) is 0 Å². The molecular weight excluding hydrogens is 314 g/mol. The van der Waals surface area contributed by atoms with Gasteiger partial charge in [-0.25, -0.2) is 0 Å². The highest BCUT2D eigenvalue weighted by Gasteiger charge is 2.33. The van der Waals surface area contributed by atoms with Crippen molar-refractivity contribution < 1.29 is 4.74 Å². The molecule has 2 unspecified atom stereocenters. The molecule has 0 radical (unpaired) electrons. The lowest BCUT2D eigenvalue weighted by atomic mass is 9.90. The summed E-state index contributed by atoms with van der Waals surface area (Å²) in [4.78, 5) is 0. The highest BCUT2D eigenvalue weighted by molar-refractivity contribution is 9.10. The second-order valence-corrected chi connectivity index (χ2v) is 7.13. The molecule has 1 fully saturated rings. The van der Waals surface area contributed by atoms with Gasteiger partial charge in [0.05, 0.1) is 6.61 Å². The van der Waals surface area contributed by atoms with E-state index in [9.17, 15) is 0 Å². The molecule has 1 N–H and O–H groups in total. The smallest absolute Gasteiger partial charge is 0.125 e. The molecule has 1 aliphatic carbocycles. The third kappa shape index (κ3) is 3.04. The van der Waals surface area contributed by atoms with Gasteiger partial charge in [-0.1, -0.05) is 29.8 Å². The minimum Gasteiger partial charge on any atom is -0.493 e. The van der Waals surface area contributed by atoms with Crippen molar-refractivity contribution in [1.29, 1.82) is 0 Å². The number of hydrogen-bond donors (Lipinski definition) is 1. The number of nitrogens with one attached hydrogen (secondary N) is 1. The van der Waals surface area contributed by atoms with Crippen LogP contribution >= 0.6 is 15.9 Å². The van der Waals surface area contributed by atoms with Crippen molar-refractivity contribution >= 4 is 15.9 Å². The Bertz CT molecular complexity index is 484. The number of hydrogen-bond acceptors (Lipinski definition) is 2. The van der Waals surface area contributed by atoms with Crippen molar-refractivity contribution in [2.75, 3.05) is 13.2 Å². The summed E-state index contributed by atoms with van der Waals surface area (Å²) >= 11 is 3.65. The lowest BCUT2D eigenvalue weighted by molar-refractivity contribution is 0.329. The number of rotatable bonds is 6. The molecule has 3 rings (SSSR count). The van der Waals surface area contributed by atoms with Gasteiger partial charge in [0.2, 0.25) is 0 Å². The second kappa shape index (κ2) is 6.07. The fraction of sp³-hybridized carbons (Fsp3) is 0.647.